The molecule has 9 heteroatoms. The smallest absolute Gasteiger partial charge is 0.261 e. The van der Waals surface area contributed by atoms with Crippen LogP contribution in [0, 0.1) is 5.41 Å². The van der Waals surface area contributed by atoms with Crippen LogP contribution >= 0.6 is 0 Å². The van der Waals surface area contributed by atoms with Gasteiger partial charge in [-0.1, -0.05) is 12.1 Å². The fourth-order valence-corrected chi connectivity index (χ4v) is 2.16. The van der Waals surface area contributed by atoms with Gasteiger partial charge >= 0.3 is 0 Å². The summed E-state index contributed by atoms with van der Waals surface area (Å²) in [6.45, 7) is 0.433. The van der Waals surface area contributed by atoms with Gasteiger partial charge in [0.05, 0.1) is 13.2 Å². The molecule has 2 unspecified atom stereocenters. The summed E-state index contributed by atoms with van der Waals surface area (Å²) < 4.78 is 5.06. The molecular formula is C16H25N6O3. The van der Waals surface area contributed by atoms with E-state index in [1.807, 2.05) is 0 Å². The van der Waals surface area contributed by atoms with Crippen molar-refractivity contribution in [2.45, 2.75) is 31.3 Å². The standard InChI is InChI=1S/C16H25N6O3/c1-25-11-6-4-10(5-7-11)9-13(14(18)23)22-15(24)12(17)3-2-8-21-16(19)20/h4-7,12-13,18H,2-3,8-9,17H2,1H3,(H,22,24)(H4,19,20,21). The van der Waals surface area contributed by atoms with Gasteiger partial charge in [-0.3, -0.25) is 20.7 Å². The van der Waals surface area contributed by atoms with Crippen molar-refractivity contribution in [3.05, 3.63) is 29.8 Å². The molecule has 1 aromatic rings. The first-order chi connectivity index (χ1) is 11.8. The third-order valence-corrected chi connectivity index (χ3v) is 3.58. The summed E-state index contributed by atoms with van der Waals surface area (Å²) in [7, 11) is 1.55. The van der Waals surface area contributed by atoms with E-state index < -0.39 is 23.9 Å². The molecule has 9 nitrogen and oxygen atoms in total. The SMILES string of the molecule is COc1ccc(CC(NC(=O)C(N)CCCNC(=N)N)C([NH])=O)cc1. The molecule has 0 saturated heterocycles. The van der Waals surface area contributed by atoms with Gasteiger partial charge in [0.1, 0.15) is 11.8 Å². The summed E-state index contributed by atoms with van der Waals surface area (Å²) in [6, 6.07) is 5.28. The number of guanidine groups is 1. The first-order valence-corrected chi connectivity index (χ1v) is 7.85. The van der Waals surface area contributed by atoms with Crippen LogP contribution in [-0.2, 0) is 16.0 Å². The van der Waals surface area contributed by atoms with E-state index in [1.54, 1.807) is 31.4 Å². The Morgan fingerprint density at radius 1 is 1.28 bits per heavy atom. The number of hydrogen-bond donors (Lipinski definition) is 5. The van der Waals surface area contributed by atoms with Gasteiger partial charge in [0.15, 0.2) is 5.96 Å². The molecule has 8 N–H and O–H groups in total. The highest BCUT2D eigenvalue weighted by atomic mass is 16.5. The first kappa shape index (κ1) is 20.2. The van der Waals surface area contributed by atoms with E-state index >= 15 is 0 Å². The zero-order valence-electron chi connectivity index (χ0n) is 14.2. The van der Waals surface area contributed by atoms with Gasteiger partial charge in [-0.25, -0.2) is 0 Å². The minimum atomic E-state index is -0.956. The average Bonchev–Trinajstić information content (AvgIpc) is 2.58. The van der Waals surface area contributed by atoms with Gasteiger partial charge in [0.25, 0.3) is 5.91 Å². The number of ether oxygens (including phenoxy) is 1. The molecule has 137 valence electrons. The lowest BCUT2D eigenvalue weighted by Gasteiger charge is -2.18. The lowest BCUT2D eigenvalue weighted by Crippen LogP contribution is -2.49. The first-order valence-electron chi connectivity index (χ1n) is 7.85. The second-order valence-electron chi connectivity index (χ2n) is 5.57. The number of methoxy groups -OCH3 is 1. The number of rotatable bonds is 10. The number of benzene rings is 1. The fraction of sp³-hybridized carbons (Fsp3) is 0.438. The molecule has 1 rings (SSSR count). The van der Waals surface area contributed by atoms with E-state index in [0.29, 0.717) is 25.1 Å². The average molecular weight is 349 g/mol. The van der Waals surface area contributed by atoms with Crippen LogP contribution in [0.3, 0.4) is 0 Å². The van der Waals surface area contributed by atoms with Crippen LogP contribution in [-0.4, -0.2) is 43.5 Å². The largest absolute Gasteiger partial charge is 0.497 e. The highest BCUT2D eigenvalue weighted by Gasteiger charge is 2.22. The van der Waals surface area contributed by atoms with Gasteiger partial charge in [0, 0.05) is 13.0 Å². The number of nitrogens with two attached hydrogens (primary N) is 2. The summed E-state index contributed by atoms with van der Waals surface area (Å²) in [4.78, 5) is 23.6. The summed E-state index contributed by atoms with van der Waals surface area (Å²) in [5, 5.41) is 12.2. The second-order valence-corrected chi connectivity index (χ2v) is 5.57. The van der Waals surface area contributed by atoms with Crippen molar-refractivity contribution in [3.63, 3.8) is 0 Å². The van der Waals surface area contributed by atoms with E-state index in [4.69, 9.17) is 27.3 Å². The molecule has 0 aliphatic carbocycles. The molecule has 25 heavy (non-hydrogen) atoms. The van der Waals surface area contributed by atoms with Crippen LogP contribution in [0.5, 0.6) is 5.75 Å². The van der Waals surface area contributed by atoms with Gasteiger partial charge < -0.3 is 26.8 Å². The van der Waals surface area contributed by atoms with Crippen molar-refractivity contribution in [3.8, 4) is 5.75 Å². The van der Waals surface area contributed by atoms with Crippen molar-refractivity contribution in [1.82, 2.24) is 16.4 Å². The number of hydrogen-bond acceptors (Lipinski definition) is 5. The second kappa shape index (κ2) is 10.1. The van der Waals surface area contributed by atoms with Crippen LogP contribution in [0.2, 0.25) is 0 Å². The normalized spacial score (nSPS) is 12.7. The maximum Gasteiger partial charge on any atom is 0.261 e. The molecule has 1 aromatic carbocycles. The Labute approximate surface area is 146 Å². The zero-order valence-corrected chi connectivity index (χ0v) is 14.2. The molecule has 2 atom stereocenters. The molecule has 0 bridgehead atoms. The Kier molecular flexibility index (Phi) is 8.21. The van der Waals surface area contributed by atoms with Crippen molar-refractivity contribution in [1.29, 1.82) is 5.41 Å². The fourth-order valence-electron chi connectivity index (χ4n) is 2.16. The summed E-state index contributed by atoms with van der Waals surface area (Å²) in [6.07, 6.45) is 1.12. The molecule has 0 fully saturated rings. The quantitative estimate of drug-likeness (QED) is 0.209. The zero-order chi connectivity index (χ0) is 18.8. The Morgan fingerprint density at radius 3 is 2.44 bits per heavy atom. The molecule has 0 spiro atoms. The van der Waals surface area contributed by atoms with Crippen LogP contribution in [0.1, 0.15) is 18.4 Å². The molecule has 0 saturated carbocycles. The molecule has 1 radical (unpaired) electrons. The predicted octanol–water partition coefficient (Wildman–Crippen LogP) is -0.877. The lowest BCUT2D eigenvalue weighted by atomic mass is 10.0. The van der Waals surface area contributed by atoms with E-state index in [9.17, 15) is 9.59 Å². The van der Waals surface area contributed by atoms with Crippen LogP contribution in [0.15, 0.2) is 24.3 Å². The van der Waals surface area contributed by atoms with Crippen molar-refractivity contribution in [2.75, 3.05) is 13.7 Å². The number of nitrogens with one attached hydrogen (secondary N) is 4. The number of carbonyl (C=O) groups excluding carboxylic acids is 2. The number of carbonyl (C=O) groups is 2. The molecule has 0 aliphatic rings. The van der Waals surface area contributed by atoms with Crippen molar-refractivity contribution in [2.24, 2.45) is 11.5 Å². The maximum absolute atomic E-state index is 12.1. The van der Waals surface area contributed by atoms with E-state index in [1.165, 1.54) is 0 Å². The van der Waals surface area contributed by atoms with Gasteiger partial charge in [-0.05, 0) is 30.5 Å². The maximum atomic E-state index is 12.1. The van der Waals surface area contributed by atoms with Crippen molar-refractivity contribution >= 4 is 17.8 Å². The predicted molar refractivity (Wildman–Crippen MR) is 93.9 cm³/mol. The molecule has 0 heterocycles. The highest BCUT2D eigenvalue weighted by molar-refractivity contribution is 5.88. The Balaban J connectivity index is 2.53. The summed E-state index contributed by atoms with van der Waals surface area (Å²) in [5.41, 5.74) is 19.1. The lowest BCUT2D eigenvalue weighted by molar-refractivity contribution is -0.128. The molecule has 0 aromatic heterocycles. The van der Waals surface area contributed by atoms with Crippen LogP contribution in [0.4, 0.5) is 0 Å². The molecule has 0 aliphatic heterocycles. The van der Waals surface area contributed by atoms with Gasteiger partial charge in [-0.2, -0.15) is 0 Å². The minimum absolute atomic E-state index is 0.141. The third-order valence-electron chi connectivity index (χ3n) is 3.58. The minimum Gasteiger partial charge on any atom is -0.497 e. The molecule has 2 amide bonds. The monoisotopic (exact) mass is 349 g/mol. The highest BCUT2D eigenvalue weighted by Crippen LogP contribution is 2.13. The van der Waals surface area contributed by atoms with E-state index in [0.717, 1.165) is 5.56 Å². The topological polar surface area (TPSA) is 167 Å². The van der Waals surface area contributed by atoms with Crippen molar-refractivity contribution < 1.29 is 14.3 Å². The van der Waals surface area contributed by atoms with Gasteiger partial charge in [0.2, 0.25) is 5.91 Å². The van der Waals surface area contributed by atoms with E-state index in [2.05, 4.69) is 10.6 Å². The summed E-state index contributed by atoms with van der Waals surface area (Å²) >= 11 is 0. The van der Waals surface area contributed by atoms with Crippen LogP contribution < -0.4 is 32.6 Å². The van der Waals surface area contributed by atoms with E-state index in [-0.39, 0.29) is 12.4 Å². The Bertz CT molecular complexity index is 590. The van der Waals surface area contributed by atoms with Crippen LogP contribution in [0.25, 0.3) is 0 Å². The Morgan fingerprint density at radius 2 is 1.92 bits per heavy atom. The Hall–Kier alpha value is -2.81. The van der Waals surface area contributed by atoms with Gasteiger partial charge in [-0.15, -0.1) is 0 Å². The molecular weight excluding hydrogens is 324 g/mol. The summed E-state index contributed by atoms with van der Waals surface area (Å²) in [5.74, 6) is -0.823. The third kappa shape index (κ3) is 7.53. The number of amides is 2.